The predicted molar refractivity (Wildman–Crippen MR) is 64.9 cm³/mol. The number of amides is 2. The molecule has 0 spiro atoms. The molecule has 1 aromatic rings. The number of rotatable bonds is 2. The highest BCUT2D eigenvalue weighted by molar-refractivity contribution is 5.97. The van der Waals surface area contributed by atoms with E-state index < -0.39 is 17.8 Å². The summed E-state index contributed by atoms with van der Waals surface area (Å²) in [5.41, 5.74) is 0.455. The van der Waals surface area contributed by atoms with E-state index in [1.807, 2.05) is 5.32 Å². The fourth-order valence-electron chi connectivity index (χ4n) is 1.86. The zero-order valence-corrected chi connectivity index (χ0v) is 10.1. The first-order valence-electron chi connectivity index (χ1n) is 5.77. The maximum atomic E-state index is 13.1. The van der Waals surface area contributed by atoms with Crippen LogP contribution in [0.4, 0.5) is 14.9 Å². The van der Waals surface area contributed by atoms with Gasteiger partial charge in [-0.1, -0.05) is 0 Å². The van der Waals surface area contributed by atoms with Gasteiger partial charge in [-0.05, 0) is 18.6 Å². The fraction of sp³-hybridized carbons (Fsp3) is 0.333. The SMILES string of the molecule is O=C(O)NCC(=O)N1CCCOc2cc(F)ccc21. The lowest BCUT2D eigenvalue weighted by Gasteiger charge is -2.21. The van der Waals surface area contributed by atoms with E-state index in [9.17, 15) is 14.0 Å². The molecule has 2 rings (SSSR count). The molecule has 6 nitrogen and oxygen atoms in total. The molecule has 102 valence electrons. The highest BCUT2D eigenvalue weighted by atomic mass is 19.1. The van der Waals surface area contributed by atoms with Gasteiger partial charge in [-0.25, -0.2) is 9.18 Å². The molecule has 2 amide bonds. The van der Waals surface area contributed by atoms with Gasteiger partial charge in [0.25, 0.3) is 0 Å². The van der Waals surface area contributed by atoms with Gasteiger partial charge in [-0.2, -0.15) is 0 Å². The minimum atomic E-state index is -1.27. The highest BCUT2D eigenvalue weighted by Gasteiger charge is 2.22. The number of carbonyl (C=O) groups is 2. The van der Waals surface area contributed by atoms with E-state index in [4.69, 9.17) is 9.84 Å². The zero-order chi connectivity index (χ0) is 13.8. The van der Waals surface area contributed by atoms with E-state index in [0.29, 0.717) is 31.0 Å². The molecule has 0 atom stereocenters. The third-order valence-electron chi connectivity index (χ3n) is 2.69. The number of carbonyl (C=O) groups excluding carboxylic acids is 1. The third kappa shape index (κ3) is 3.12. The summed E-state index contributed by atoms with van der Waals surface area (Å²) in [7, 11) is 0. The second kappa shape index (κ2) is 5.55. The van der Waals surface area contributed by atoms with Gasteiger partial charge < -0.3 is 20.1 Å². The van der Waals surface area contributed by atoms with Gasteiger partial charge in [-0.15, -0.1) is 0 Å². The first-order chi connectivity index (χ1) is 9.08. The summed E-state index contributed by atoms with van der Waals surface area (Å²) in [5.74, 6) is -0.557. The molecule has 0 saturated heterocycles. The standard InChI is InChI=1S/C12H13FN2O4/c13-8-2-3-9-10(6-8)19-5-1-4-15(9)11(16)7-14-12(17)18/h2-3,6,14H,1,4-5,7H2,(H,17,18). The van der Waals surface area contributed by atoms with E-state index in [0.717, 1.165) is 0 Å². The largest absolute Gasteiger partial charge is 0.491 e. The van der Waals surface area contributed by atoms with E-state index in [2.05, 4.69) is 0 Å². The van der Waals surface area contributed by atoms with Gasteiger partial charge in [0.05, 0.1) is 12.3 Å². The number of anilines is 1. The molecule has 0 fully saturated rings. The van der Waals surface area contributed by atoms with Crippen molar-refractivity contribution in [3.8, 4) is 5.75 Å². The number of hydrogen-bond donors (Lipinski definition) is 2. The van der Waals surface area contributed by atoms with Crippen LogP contribution in [0.3, 0.4) is 0 Å². The molecule has 1 aromatic carbocycles. The number of nitrogens with zero attached hydrogens (tertiary/aromatic N) is 1. The average molecular weight is 268 g/mol. The molecule has 19 heavy (non-hydrogen) atoms. The van der Waals surface area contributed by atoms with Crippen molar-refractivity contribution in [1.29, 1.82) is 0 Å². The summed E-state index contributed by atoms with van der Waals surface area (Å²) in [6, 6.07) is 3.90. The van der Waals surface area contributed by atoms with E-state index in [-0.39, 0.29) is 6.54 Å². The van der Waals surface area contributed by atoms with Crippen LogP contribution in [0.2, 0.25) is 0 Å². The number of nitrogens with one attached hydrogen (secondary N) is 1. The van der Waals surface area contributed by atoms with Crippen LogP contribution >= 0.6 is 0 Å². The fourth-order valence-corrected chi connectivity index (χ4v) is 1.86. The quantitative estimate of drug-likeness (QED) is 0.845. The molecule has 0 aliphatic carbocycles. The molecule has 0 aromatic heterocycles. The van der Waals surface area contributed by atoms with Crippen molar-refractivity contribution < 1.29 is 23.8 Å². The molecule has 0 bridgehead atoms. The number of benzene rings is 1. The van der Waals surface area contributed by atoms with Crippen LogP contribution in [0, 0.1) is 5.82 Å². The Labute approximate surface area is 108 Å². The zero-order valence-electron chi connectivity index (χ0n) is 10.1. The van der Waals surface area contributed by atoms with Crippen molar-refractivity contribution in [2.24, 2.45) is 0 Å². The van der Waals surface area contributed by atoms with Gasteiger partial charge in [0, 0.05) is 12.6 Å². The molecular weight excluding hydrogens is 255 g/mol. The lowest BCUT2D eigenvalue weighted by atomic mass is 10.2. The number of hydrogen-bond acceptors (Lipinski definition) is 3. The van der Waals surface area contributed by atoms with Crippen molar-refractivity contribution in [1.82, 2.24) is 5.32 Å². The first-order valence-corrected chi connectivity index (χ1v) is 5.77. The predicted octanol–water partition coefficient (Wildman–Crippen LogP) is 1.21. The van der Waals surface area contributed by atoms with Crippen LogP contribution in [0.15, 0.2) is 18.2 Å². The van der Waals surface area contributed by atoms with Crippen molar-refractivity contribution in [3.05, 3.63) is 24.0 Å². The smallest absolute Gasteiger partial charge is 0.405 e. The van der Waals surface area contributed by atoms with Crippen molar-refractivity contribution in [3.63, 3.8) is 0 Å². The molecule has 0 unspecified atom stereocenters. The van der Waals surface area contributed by atoms with Crippen molar-refractivity contribution in [2.75, 3.05) is 24.6 Å². The minimum absolute atomic E-state index is 0.293. The topological polar surface area (TPSA) is 78.9 Å². The lowest BCUT2D eigenvalue weighted by Crippen LogP contribution is -2.40. The van der Waals surface area contributed by atoms with Gasteiger partial charge in [0.15, 0.2) is 0 Å². The summed E-state index contributed by atoms with van der Waals surface area (Å²) in [6.45, 7) is 0.456. The van der Waals surface area contributed by atoms with Gasteiger partial charge in [0.2, 0.25) is 5.91 Å². The summed E-state index contributed by atoms with van der Waals surface area (Å²) in [6.07, 6.45) is -0.673. The Morgan fingerprint density at radius 2 is 2.26 bits per heavy atom. The number of fused-ring (bicyclic) bond motifs is 1. The monoisotopic (exact) mass is 268 g/mol. The van der Waals surface area contributed by atoms with Gasteiger partial charge in [-0.3, -0.25) is 4.79 Å². The maximum absolute atomic E-state index is 13.1. The van der Waals surface area contributed by atoms with Crippen LogP contribution in [0.25, 0.3) is 0 Å². The molecule has 0 radical (unpaired) electrons. The molecule has 7 heteroatoms. The molecule has 1 aliphatic rings. The Kier molecular flexibility index (Phi) is 3.84. The number of halogens is 1. The second-order valence-corrected chi connectivity index (χ2v) is 4.02. The Morgan fingerprint density at radius 3 is 3.00 bits per heavy atom. The van der Waals surface area contributed by atoms with Gasteiger partial charge >= 0.3 is 6.09 Å². The van der Waals surface area contributed by atoms with Crippen LogP contribution in [0.1, 0.15) is 6.42 Å². The Morgan fingerprint density at radius 1 is 1.47 bits per heavy atom. The Bertz CT molecular complexity index is 507. The van der Waals surface area contributed by atoms with E-state index in [1.54, 1.807) is 0 Å². The molecular formula is C12H13FN2O4. The Hall–Kier alpha value is -2.31. The van der Waals surface area contributed by atoms with Crippen molar-refractivity contribution >= 4 is 17.7 Å². The average Bonchev–Trinajstić information content (AvgIpc) is 2.57. The Balaban J connectivity index is 2.21. The second-order valence-electron chi connectivity index (χ2n) is 4.02. The van der Waals surface area contributed by atoms with Crippen LogP contribution in [0.5, 0.6) is 5.75 Å². The van der Waals surface area contributed by atoms with Crippen molar-refractivity contribution in [2.45, 2.75) is 6.42 Å². The summed E-state index contributed by atoms with van der Waals surface area (Å²) >= 11 is 0. The molecule has 1 aliphatic heterocycles. The summed E-state index contributed by atoms with van der Waals surface area (Å²) in [5, 5.41) is 10.5. The normalized spacial score (nSPS) is 14.1. The van der Waals surface area contributed by atoms with E-state index in [1.165, 1.54) is 23.1 Å². The van der Waals surface area contributed by atoms with E-state index >= 15 is 0 Å². The molecule has 0 saturated carbocycles. The third-order valence-corrected chi connectivity index (χ3v) is 2.69. The van der Waals surface area contributed by atoms with Crippen LogP contribution in [-0.4, -0.2) is 36.8 Å². The van der Waals surface area contributed by atoms with Gasteiger partial charge in [0.1, 0.15) is 18.1 Å². The molecule has 2 N–H and O–H groups in total. The minimum Gasteiger partial charge on any atom is -0.491 e. The highest BCUT2D eigenvalue weighted by Crippen LogP contribution is 2.31. The maximum Gasteiger partial charge on any atom is 0.405 e. The number of ether oxygens (including phenoxy) is 1. The first kappa shape index (κ1) is 13.1. The summed E-state index contributed by atoms with van der Waals surface area (Å²) in [4.78, 5) is 23.7. The summed E-state index contributed by atoms with van der Waals surface area (Å²) < 4.78 is 18.5. The van der Waals surface area contributed by atoms with Crippen LogP contribution in [-0.2, 0) is 4.79 Å². The number of carboxylic acid groups (broad SMARTS) is 1. The molecule has 1 heterocycles. The van der Waals surface area contributed by atoms with Crippen LogP contribution < -0.4 is 15.0 Å². The lowest BCUT2D eigenvalue weighted by molar-refractivity contribution is -0.117.